The Balaban J connectivity index is 0. The molecule has 18 nitrogen and oxygen atoms in total. The van der Waals surface area contributed by atoms with E-state index < -0.39 is 60.0 Å². The highest BCUT2D eigenvalue weighted by Gasteiger charge is 2.51. The molecule has 3 radical (unpaired) electrons. The number of benzene rings is 4. The van der Waals surface area contributed by atoms with E-state index in [1.165, 1.54) is 0 Å². The maximum atomic E-state index is 12.0. The van der Waals surface area contributed by atoms with Crippen LogP contribution in [0.2, 0.25) is 0 Å². The van der Waals surface area contributed by atoms with Crippen LogP contribution in [-0.2, 0) is 54.8 Å². The minimum Gasteiger partial charge on any atom is -0.445 e. The Bertz CT molecular complexity index is 2440. The Hall–Kier alpha value is -6.74. The molecule has 4 aromatic rings. The van der Waals surface area contributed by atoms with Gasteiger partial charge in [-0.3, -0.25) is 0 Å². The molecule has 89 heavy (non-hydrogen) atoms. The van der Waals surface area contributed by atoms with Crippen LogP contribution in [0.25, 0.3) is 0 Å². The lowest BCUT2D eigenvalue weighted by atomic mass is 9.92. The van der Waals surface area contributed by atoms with Crippen LogP contribution in [0.4, 0.5) is 19.2 Å². The first-order valence-electron chi connectivity index (χ1n) is 29.8. The standard InChI is InChI=1S/2C17H25NO4.2C17H25NO3.2CH4.B.H2/c2*1-12(2)9-14(15(19)17(3)11-22-17)18-16(20)21-10-13-7-5-4-6-8-13;2*1-12(2)10-15(16(19)13(3)4)18-17(20)21-11-14-8-6-5-7-9-14;;;;/h2*4-8,12,14-15,19H,9-11H2,1-3H3,(H,18,20);2*5-9,12,15-16,19H,3,10-11H2,1-2,4H3,(H,18,20);2*1H4;;1H/t14-,15+,17-;14-,15-,17+;15-,16+;15-,16-;;;;/m0000..../s1/i;;;;;;;1+1. The van der Waals surface area contributed by atoms with Crippen molar-refractivity contribution in [2.24, 2.45) is 23.7 Å². The minimum absolute atomic E-state index is 0. The van der Waals surface area contributed by atoms with Crippen LogP contribution in [0, 0.1) is 23.7 Å². The van der Waals surface area contributed by atoms with Gasteiger partial charge in [0.1, 0.15) is 49.8 Å². The van der Waals surface area contributed by atoms with Crippen LogP contribution in [0.5, 0.6) is 0 Å². The summed E-state index contributed by atoms with van der Waals surface area (Å²) >= 11 is 0. The Labute approximate surface area is 536 Å². The number of amides is 4. The molecule has 8 N–H and O–H groups in total. The van der Waals surface area contributed by atoms with Crippen molar-refractivity contribution >= 4 is 32.8 Å². The second-order valence-corrected chi connectivity index (χ2v) is 24.4. The number of aliphatic hydroxyl groups excluding tert-OH is 4. The zero-order chi connectivity index (χ0) is 64.0. The molecule has 10 atom stereocenters. The fraction of sp³-hybridized carbons (Fsp3) is 0.543. The Morgan fingerprint density at radius 1 is 0.438 bits per heavy atom. The molecule has 4 amide bonds. The van der Waals surface area contributed by atoms with Crippen LogP contribution < -0.4 is 21.3 Å². The summed E-state index contributed by atoms with van der Waals surface area (Å²) in [6, 6.07) is 36.4. The quantitative estimate of drug-likeness (QED) is 0.0114. The van der Waals surface area contributed by atoms with Gasteiger partial charge < -0.3 is 70.1 Å². The number of rotatable bonds is 28. The fourth-order valence-electron chi connectivity index (χ4n) is 8.87. The van der Waals surface area contributed by atoms with E-state index in [-0.39, 0.29) is 75.3 Å². The molecule has 0 spiro atoms. The molecule has 19 heteroatoms. The van der Waals surface area contributed by atoms with Gasteiger partial charge in [-0.2, -0.15) is 0 Å². The van der Waals surface area contributed by atoms with E-state index in [9.17, 15) is 39.6 Å². The number of hydrogen-bond acceptors (Lipinski definition) is 14. The summed E-state index contributed by atoms with van der Waals surface area (Å²) in [5.41, 5.74) is 3.86. The second kappa shape index (κ2) is 42.3. The molecule has 4 aromatic carbocycles. The zero-order valence-corrected chi connectivity index (χ0v) is 53.4. The van der Waals surface area contributed by atoms with Crippen LogP contribution >= 0.6 is 0 Å². The summed E-state index contributed by atoms with van der Waals surface area (Å²) < 4.78 is 31.4. The van der Waals surface area contributed by atoms with Gasteiger partial charge in [0.15, 0.2) is 0 Å². The molecule has 2 saturated heterocycles. The number of alkyl carbamates (subject to hydrolysis) is 4. The van der Waals surface area contributed by atoms with E-state index in [1.54, 1.807) is 13.8 Å². The molecular formula is C70H110BN4O14. The maximum absolute atomic E-state index is 12.0. The van der Waals surface area contributed by atoms with Crippen molar-refractivity contribution in [1.82, 2.24) is 21.3 Å². The van der Waals surface area contributed by atoms with Gasteiger partial charge in [-0.05, 0) is 99.3 Å². The van der Waals surface area contributed by atoms with Crippen molar-refractivity contribution in [3.63, 3.8) is 0 Å². The predicted molar refractivity (Wildman–Crippen MR) is 356 cm³/mol. The van der Waals surface area contributed by atoms with Gasteiger partial charge in [-0.1, -0.05) is 216 Å². The van der Waals surface area contributed by atoms with Gasteiger partial charge in [-0.15, -0.1) is 0 Å². The molecule has 6 rings (SSSR count). The molecule has 2 fully saturated rings. The number of carbonyl (C=O) groups is 4. The van der Waals surface area contributed by atoms with Gasteiger partial charge >= 0.3 is 24.4 Å². The summed E-state index contributed by atoms with van der Waals surface area (Å²) in [6.45, 7) is 32.9. The minimum atomic E-state index is -0.767. The first-order valence-corrected chi connectivity index (χ1v) is 29.8. The van der Waals surface area contributed by atoms with Crippen molar-refractivity contribution in [2.45, 2.75) is 210 Å². The number of ether oxygens (including phenoxy) is 6. The smallest absolute Gasteiger partial charge is 0.407 e. The molecular weight excluding hydrogens is 1130 g/mol. The Morgan fingerprint density at radius 2 is 0.629 bits per heavy atom. The summed E-state index contributed by atoms with van der Waals surface area (Å²) in [5, 5.41) is 52.0. The highest BCUT2D eigenvalue weighted by molar-refractivity contribution is 5.75. The third-order valence-electron chi connectivity index (χ3n) is 14.0. The number of aliphatic hydroxyl groups is 4. The van der Waals surface area contributed by atoms with Gasteiger partial charge in [-0.25, -0.2) is 19.2 Å². The van der Waals surface area contributed by atoms with Crippen molar-refractivity contribution in [3.8, 4) is 0 Å². The van der Waals surface area contributed by atoms with Crippen LogP contribution in [-0.4, -0.2) is 126 Å². The monoisotopic (exact) mass is 1240 g/mol. The molecule has 0 aliphatic carbocycles. The summed E-state index contributed by atoms with van der Waals surface area (Å²) in [5.74, 6) is 1.38. The molecule has 497 valence electrons. The lowest BCUT2D eigenvalue weighted by Gasteiger charge is -2.27. The normalized spacial score (nSPS) is 17.8. The van der Waals surface area contributed by atoms with Crippen molar-refractivity contribution < 1.29 is 69.5 Å². The van der Waals surface area contributed by atoms with Crippen LogP contribution in [0.1, 0.15) is 147 Å². The van der Waals surface area contributed by atoms with Crippen molar-refractivity contribution in [3.05, 3.63) is 168 Å². The average Bonchev–Trinajstić information content (AvgIpc) is 1.82. The summed E-state index contributed by atoms with van der Waals surface area (Å²) in [4.78, 5) is 47.7. The number of epoxide rings is 2. The van der Waals surface area contributed by atoms with Crippen molar-refractivity contribution in [2.75, 3.05) is 13.2 Å². The third kappa shape index (κ3) is 33.6. The summed E-state index contributed by atoms with van der Waals surface area (Å²) in [6.07, 6.45) is -2.43. The van der Waals surface area contributed by atoms with Gasteiger partial charge in [0, 0.05) is 9.84 Å². The maximum Gasteiger partial charge on any atom is 0.407 e. The number of hydrogen-bond donors (Lipinski definition) is 8. The van der Waals surface area contributed by atoms with Crippen LogP contribution in [0.3, 0.4) is 0 Å². The van der Waals surface area contributed by atoms with Gasteiger partial charge in [0.05, 0.1) is 49.6 Å². The second-order valence-electron chi connectivity index (χ2n) is 24.4. The molecule has 0 aromatic heterocycles. The number of carbonyl (C=O) groups excluding carboxylic acids is 4. The van der Waals surface area contributed by atoms with E-state index in [4.69, 9.17) is 28.4 Å². The largest absolute Gasteiger partial charge is 0.445 e. The SMILES string of the molecule is C.C.C=C(C)[C@@H](O)[C@H](CC(C)C)NC(=O)OCc1ccccc1.C=C(C)[C@H](O)[C@H](CC(C)C)NC(=O)OCc1ccccc1.CC(C)C[C@H](NC(=O)OCc1ccccc1)[C@@H](O)[C@]1(C)CO1.CC(C)C[C@H](NC(=O)OCc1ccccc1)[C@H](O)[C@@]1(C)CO1.[2HH].[B]. The first-order chi connectivity index (χ1) is 40.6. The zero-order valence-electron chi connectivity index (χ0n) is 53.4. The number of nitrogens with one attached hydrogen (secondary N) is 4. The van der Waals surface area contributed by atoms with E-state index >= 15 is 0 Å². The molecule has 2 heterocycles. The van der Waals surface area contributed by atoms with E-state index in [0.717, 1.165) is 22.3 Å². The Morgan fingerprint density at radius 3 is 0.809 bits per heavy atom. The fourth-order valence-corrected chi connectivity index (χ4v) is 8.87. The summed E-state index contributed by atoms with van der Waals surface area (Å²) in [7, 11) is 0. The Kier molecular flexibility index (Phi) is 39.1. The van der Waals surface area contributed by atoms with Gasteiger partial charge in [0.2, 0.25) is 0 Å². The first kappa shape index (κ1) is 82.3. The topological polar surface area (TPSA) is 259 Å². The van der Waals surface area contributed by atoms with Crippen LogP contribution in [0.15, 0.2) is 146 Å². The molecule has 2 aliphatic heterocycles. The van der Waals surface area contributed by atoms with E-state index in [2.05, 4.69) is 34.4 Å². The third-order valence-corrected chi connectivity index (χ3v) is 14.0. The lowest BCUT2D eigenvalue weighted by molar-refractivity contribution is 0.0406. The van der Waals surface area contributed by atoms with Crippen molar-refractivity contribution in [1.29, 1.82) is 0 Å². The highest BCUT2D eigenvalue weighted by Crippen LogP contribution is 2.34. The van der Waals surface area contributed by atoms with E-state index in [1.807, 2.05) is 191 Å². The average molecular weight is 1240 g/mol. The molecule has 0 bridgehead atoms. The predicted octanol–water partition coefficient (Wildman–Crippen LogP) is 12.6. The van der Waals surface area contributed by atoms with E-state index in [0.29, 0.717) is 73.7 Å². The van der Waals surface area contributed by atoms with Gasteiger partial charge in [0.25, 0.3) is 0 Å². The highest BCUT2D eigenvalue weighted by atomic mass is 16.6. The lowest BCUT2D eigenvalue weighted by Crippen LogP contribution is -2.50. The molecule has 0 unspecified atom stereocenters. The molecule has 0 saturated carbocycles. The molecule has 2 aliphatic rings.